The molecule has 1 aliphatic rings. The van der Waals surface area contributed by atoms with Crippen LogP contribution in [0.3, 0.4) is 0 Å². The molecule has 0 saturated heterocycles. The van der Waals surface area contributed by atoms with Gasteiger partial charge in [0.1, 0.15) is 17.8 Å². The van der Waals surface area contributed by atoms with Gasteiger partial charge >= 0.3 is 5.63 Å². The number of aliphatic imine (C=N–C) groups is 1. The molecule has 1 aliphatic heterocycles. The first kappa shape index (κ1) is 20.9. The zero-order valence-electron chi connectivity index (χ0n) is 17.3. The van der Waals surface area contributed by atoms with Gasteiger partial charge in [-0.15, -0.1) is 0 Å². The van der Waals surface area contributed by atoms with Crippen LogP contribution >= 0.6 is 11.8 Å². The summed E-state index contributed by atoms with van der Waals surface area (Å²) in [4.78, 5) is 42.2. The predicted octanol–water partition coefficient (Wildman–Crippen LogP) is 3.97. The quantitative estimate of drug-likeness (QED) is 0.454. The normalized spacial score (nSPS) is 14.2. The molecule has 0 unspecified atom stereocenters. The first-order valence-corrected chi connectivity index (χ1v) is 10.6. The van der Waals surface area contributed by atoms with Gasteiger partial charge in [0.25, 0.3) is 5.91 Å². The molecule has 158 valence electrons. The van der Waals surface area contributed by atoms with Gasteiger partial charge in [-0.1, -0.05) is 11.8 Å². The molecule has 31 heavy (non-hydrogen) atoms. The molecule has 3 aromatic rings. The van der Waals surface area contributed by atoms with E-state index in [1.54, 1.807) is 31.4 Å². The smallest absolute Gasteiger partial charge is 0.336 e. The van der Waals surface area contributed by atoms with Crippen molar-refractivity contribution in [2.45, 2.75) is 26.0 Å². The summed E-state index contributed by atoms with van der Waals surface area (Å²) in [7, 11) is 1.56. The first-order valence-electron chi connectivity index (χ1n) is 9.61. The van der Waals surface area contributed by atoms with Gasteiger partial charge in [-0.3, -0.25) is 14.5 Å². The molecule has 2 amide bonds. The number of rotatable bonds is 4. The molecule has 0 saturated carbocycles. The lowest BCUT2D eigenvalue weighted by Crippen LogP contribution is -2.40. The summed E-state index contributed by atoms with van der Waals surface area (Å²) >= 11 is 1.23. The van der Waals surface area contributed by atoms with Crippen molar-refractivity contribution in [1.29, 1.82) is 0 Å². The highest BCUT2D eigenvalue weighted by atomic mass is 32.2. The number of carbonyl (C=O) groups excluding carboxylic acids is 2. The third-order valence-corrected chi connectivity index (χ3v) is 6.08. The second-order valence-corrected chi connectivity index (χ2v) is 8.15. The zero-order valence-corrected chi connectivity index (χ0v) is 18.1. The van der Waals surface area contributed by atoms with E-state index >= 15 is 0 Å². The van der Waals surface area contributed by atoms with Crippen LogP contribution in [0.25, 0.3) is 11.0 Å². The number of aryl methyl sites for hydroxylation is 2. The number of nitrogens with zero attached hydrogens (tertiary/aromatic N) is 2. The van der Waals surface area contributed by atoms with Crippen molar-refractivity contribution in [3.63, 3.8) is 0 Å². The Balaban J connectivity index is 1.68. The minimum atomic E-state index is -0.485. The van der Waals surface area contributed by atoms with Gasteiger partial charge in [0.15, 0.2) is 5.17 Å². The monoisotopic (exact) mass is 436 g/mol. The Morgan fingerprint density at radius 1 is 1.06 bits per heavy atom. The summed E-state index contributed by atoms with van der Waals surface area (Å²) < 4.78 is 10.5. The van der Waals surface area contributed by atoms with E-state index in [2.05, 4.69) is 4.99 Å². The number of fused-ring (bicyclic) bond motifs is 1. The number of carbonyl (C=O) groups is 2. The van der Waals surface area contributed by atoms with Crippen molar-refractivity contribution in [2.24, 2.45) is 4.99 Å². The molecular formula is C23H20N2O5S. The predicted molar refractivity (Wildman–Crippen MR) is 121 cm³/mol. The van der Waals surface area contributed by atoms with Crippen molar-refractivity contribution >= 4 is 45.4 Å². The Morgan fingerprint density at radius 2 is 1.77 bits per heavy atom. The molecule has 2 aromatic carbocycles. The number of ether oxygens (including phenoxy) is 1. The molecule has 8 heteroatoms. The fourth-order valence-electron chi connectivity index (χ4n) is 3.34. The summed E-state index contributed by atoms with van der Waals surface area (Å²) in [5.74, 6) is 0.165. The third kappa shape index (κ3) is 4.25. The van der Waals surface area contributed by atoms with E-state index in [1.807, 2.05) is 26.0 Å². The SMILES string of the molecule is COc1ccc(N2C(=O)CC(=O)N=C2SCc2cc(=O)oc3cc(C)c(C)cc23)cc1. The van der Waals surface area contributed by atoms with E-state index in [9.17, 15) is 14.4 Å². The van der Waals surface area contributed by atoms with Crippen LogP contribution in [-0.4, -0.2) is 24.1 Å². The lowest BCUT2D eigenvalue weighted by Gasteiger charge is -2.26. The maximum Gasteiger partial charge on any atom is 0.336 e. The zero-order chi connectivity index (χ0) is 22.1. The maximum absolute atomic E-state index is 12.6. The van der Waals surface area contributed by atoms with Gasteiger partial charge in [-0.2, -0.15) is 4.99 Å². The average Bonchev–Trinajstić information content (AvgIpc) is 2.73. The molecule has 1 aromatic heterocycles. The van der Waals surface area contributed by atoms with Gasteiger partial charge in [0, 0.05) is 17.2 Å². The van der Waals surface area contributed by atoms with Crippen LogP contribution < -0.4 is 15.3 Å². The standard InChI is InChI=1S/C23H20N2O5S/c1-13-8-18-15(10-22(28)30-19(18)9-14(13)2)12-31-23-24-20(26)11-21(27)25(23)16-4-6-17(29-3)7-5-16/h4-10H,11-12H2,1-3H3. The molecule has 0 spiro atoms. The Labute approximate surface area is 182 Å². The maximum atomic E-state index is 12.6. The Morgan fingerprint density at radius 3 is 2.48 bits per heavy atom. The fourth-order valence-corrected chi connectivity index (χ4v) is 4.36. The number of thioether (sulfide) groups is 1. The highest BCUT2D eigenvalue weighted by Gasteiger charge is 2.29. The van der Waals surface area contributed by atoms with E-state index in [-0.39, 0.29) is 17.5 Å². The van der Waals surface area contributed by atoms with Crippen LogP contribution in [0.15, 0.2) is 56.7 Å². The summed E-state index contributed by atoms with van der Waals surface area (Å²) in [6.45, 7) is 3.95. The molecule has 7 nitrogen and oxygen atoms in total. The minimum absolute atomic E-state index is 0.275. The van der Waals surface area contributed by atoms with Crippen LogP contribution in [0.1, 0.15) is 23.1 Å². The third-order valence-electron chi connectivity index (χ3n) is 5.10. The van der Waals surface area contributed by atoms with Crippen molar-refractivity contribution < 1.29 is 18.7 Å². The summed E-state index contributed by atoms with van der Waals surface area (Å²) in [5.41, 5.74) is 3.51. The van der Waals surface area contributed by atoms with Crippen molar-refractivity contribution in [1.82, 2.24) is 0 Å². The second-order valence-electron chi connectivity index (χ2n) is 7.20. The Kier molecular flexibility index (Phi) is 5.65. The molecule has 0 bridgehead atoms. The topological polar surface area (TPSA) is 89.2 Å². The molecule has 0 fully saturated rings. The summed E-state index contributed by atoms with van der Waals surface area (Å²) in [6.07, 6.45) is -0.285. The van der Waals surface area contributed by atoms with E-state index in [0.717, 1.165) is 22.1 Å². The van der Waals surface area contributed by atoms with E-state index in [1.165, 1.54) is 22.7 Å². The van der Waals surface area contributed by atoms with Crippen molar-refractivity contribution in [3.05, 3.63) is 69.6 Å². The number of benzene rings is 2. The summed E-state index contributed by atoms with van der Waals surface area (Å²) in [6, 6.07) is 12.2. The van der Waals surface area contributed by atoms with Crippen LogP contribution in [0.5, 0.6) is 5.75 Å². The average molecular weight is 436 g/mol. The lowest BCUT2D eigenvalue weighted by molar-refractivity contribution is -0.126. The van der Waals surface area contributed by atoms with E-state index < -0.39 is 11.5 Å². The van der Waals surface area contributed by atoms with Crippen LogP contribution in [0.4, 0.5) is 5.69 Å². The van der Waals surface area contributed by atoms with Gasteiger partial charge in [0.2, 0.25) is 5.91 Å². The molecule has 0 atom stereocenters. The van der Waals surface area contributed by atoms with Crippen LogP contribution in [0, 0.1) is 13.8 Å². The fraction of sp³-hybridized carbons (Fsp3) is 0.217. The van der Waals surface area contributed by atoms with E-state index in [4.69, 9.17) is 9.15 Å². The number of amides is 2. The van der Waals surface area contributed by atoms with Gasteiger partial charge < -0.3 is 9.15 Å². The lowest BCUT2D eigenvalue weighted by atomic mass is 10.0. The number of hydrogen-bond donors (Lipinski definition) is 0. The van der Waals surface area contributed by atoms with E-state index in [0.29, 0.717) is 22.8 Å². The minimum Gasteiger partial charge on any atom is -0.497 e. The molecule has 4 rings (SSSR count). The summed E-state index contributed by atoms with van der Waals surface area (Å²) in [5, 5.41) is 1.09. The van der Waals surface area contributed by atoms with Crippen molar-refractivity contribution in [3.8, 4) is 5.75 Å². The molecular weight excluding hydrogens is 416 g/mol. The Hall–Kier alpha value is -3.39. The first-order chi connectivity index (χ1) is 14.9. The van der Waals surface area contributed by atoms with Gasteiger partial charge in [-0.25, -0.2) is 4.79 Å². The molecule has 2 heterocycles. The van der Waals surface area contributed by atoms with Gasteiger partial charge in [-0.05, 0) is 66.9 Å². The number of hydrogen-bond acceptors (Lipinski definition) is 6. The van der Waals surface area contributed by atoms with Gasteiger partial charge in [0.05, 0.1) is 12.8 Å². The molecule has 0 N–H and O–H groups in total. The van der Waals surface area contributed by atoms with Crippen molar-refractivity contribution in [2.75, 3.05) is 12.0 Å². The highest BCUT2D eigenvalue weighted by molar-refractivity contribution is 8.13. The second kappa shape index (κ2) is 8.39. The Bertz CT molecular complexity index is 1280. The highest BCUT2D eigenvalue weighted by Crippen LogP contribution is 2.30. The largest absolute Gasteiger partial charge is 0.497 e. The number of amidine groups is 1. The molecule has 0 aliphatic carbocycles. The number of anilines is 1. The van der Waals surface area contributed by atoms with Crippen LogP contribution in [0.2, 0.25) is 0 Å². The molecule has 0 radical (unpaired) electrons. The van der Waals surface area contributed by atoms with Crippen LogP contribution in [-0.2, 0) is 15.3 Å². The number of methoxy groups -OCH3 is 1.